The topological polar surface area (TPSA) is 122 Å². The Morgan fingerprint density at radius 2 is 2.04 bits per heavy atom. The molecule has 0 aliphatic carbocycles. The smallest absolute Gasteiger partial charge is 0.238 e. The number of aromatic nitrogens is 2. The minimum atomic E-state index is -3.81. The average Bonchev–Trinajstić information content (AvgIpc) is 2.95. The van der Waals surface area contributed by atoms with Crippen LogP contribution in [-0.2, 0) is 10.0 Å². The first kappa shape index (κ1) is 15.0. The molecule has 1 heterocycles. The van der Waals surface area contributed by atoms with E-state index in [9.17, 15) is 8.42 Å². The molecule has 0 amide bonds. The second-order valence-corrected chi connectivity index (χ2v) is 6.40. The fraction of sp³-hybridized carbons (Fsp3) is 0.0667. The van der Waals surface area contributed by atoms with Gasteiger partial charge in [0, 0.05) is 6.07 Å². The molecule has 0 saturated heterocycles. The van der Waals surface area contributed by atoms with Crippen molar-refractivity contribution >= 4 is 21.1 Å². The van der Waals surface area contributed by atoms with Crippen molar-refractivity contribution in [3.05, 3.63) is 42.0 Å². The molecule has 7 nitrogen and oxygen atoms in total. The average molecular weight is 328 g/mol. The van der Waals surface area contributed by atoms with Gasteiger partial charge in [0.2, 0.25) is 10.0 Å². The van der Waals surface area contributed by atoms with Crippen molar-refractivity contribution in [2.75, 3.05) is 7.11 Å². The second-order valence-electron chi connectivity index (χ2n) is 4.84. The Kier molecular flexibility index (Phi) is 3.52. The summed E-state index contributed by atoms with van der Waals surface area (Å²) in [6.45, 7) is 0. The zero-order chi connectivity index (χ0) is 16.6. The standard InChI is InChI=1S/C15H12N4O3S/c1-22-14-7-10(23(17,20)21)3-4-11(14)15-18-12-5-2-9(8-16)6-13(12)19-15/h2-7H,1H3,(H,18,19)(H2,17,20,21). The fourth-order valence-corrected chi connectivity index (χ4v) is 2.78. The van der Waals surface area contributed by atoms with Crippen LogP contribution in [0, 0.1) is 11.3 Å². The lowest BCUT2D eigenvalue weighted by Gasteiger charge is -2.08. The molecule has 23 heavy (non-hydrogen) atoms. The quantitative estimate of drug-likeness (QED) is 0.758. The second kappa shape index (κ2) is 5.39. The highest BCUT2D eigenvalue weighted by Gasteiger charge is 2.15. The molecule has 0 saturated carbocycles. The molecular formula is C15H12N4O3S. The normalized spacial score (nSPS) is 11.3. The summed E-state index contributed by atoms with van der Waals surface area (Å²) >= 11 is 0. The molecule has 1 aromatic heterocycles. The molecule has 0 atom stereocenters. The summed E-state index contributed by atoms with van der Waals surface area (Å²) in [7, 11) is -2.38. The number of H-pyrrole nitrogens is 1. The maximum absolute atomic E-state index is 11.4. The van der Waals surface area contributed by atoms with Gasteiger partial charge in [-0.3, -0.25) is 0 Å². The molecule has 116 valence electrons. The van der Waals surface area contributed by atoms with Crippen LogP contribution < -0.4 is 9.88 Å². The molecule has 3 aromatic rings. The molecule has 0 bridgehead atoms. The van der Waals surface area contributed by atoms with Crippen molar-refractivity contribution in [2.45, 2.75) is 4.90 Å². The number of nitrogens with one attached hydrogen (secondary N) is 1. The van der Waals surface area contributed by atoms with Crippen molar-refractivity contribution in [1.82, 2.24) is 9.97 Å². The zero-order valence-electron chi connectivity index (χ0n) is 12.1. The van der Waals surface area contributed by atoms with Crippen molar-refractivity contribution in [3.63, 3.8) is 0 Å². The summed E-state index contributed by atoms with van der Waals surface area (Å²) < 4.78 is 28.1. The van der Waals surface area contributed by atoms with Crippen LogP contribution in [0.25, 0.3) is 22.4 Å². The zero-order valence-corrected chi connectivity index (χ0v) is 12.9. The van der Waals surface area contributed by atoms with Gasteiger partial charge in [0.25, 0.3) is 0 Å². The van der Waals surface area contributed by atoms with E-state index in [0.717, 1.165) is 0 Å². The number of hydrogen-bond acceptors (Lipinski definition) is 5. The molecule has 3 N–H and O–H groups in total. The summed E-state index contributed by atoms with van der Waals surface area (Å²) in [6, 6.07) is 11.5. The molecular weight excluding hydrogens is 316 g/mol. The van der Waals surface area contributed by atoms with E-state index in [1.807, 2.05) is 0 Å². The van der Waals surface area contributed by atoms with Gasteiger partial charge in [0.1, 0.15) is 11.6 Å². The highest BCUT2D eigenvalue weighted by molar-refractivity contribution is 7.89. The van der Waals surface area contributed by atoms with Crippen LogP contribution in [0.15, 0.2) is 41.3 Å². The van der Waals surface area contributed by atoms with Gasteiger partial charge in [-0.05, 0) is 30.3 Å². The number of fused-ring (bicyclic) bond motifs is 1. The van der Waals surface area contributed by atoms with E-state index >= 15 is 0 Å². The van der Waals surface area contributed by atoms with Gasteiger partial charge in [-0.1, -0.05) is 0 Å². The minimum absolute atomic E-state index is 0.0408. The van der Waals surface area contributed by atoms with E-state index < -0.39 is 10.0 Å². The highest BCUT2D eigenvalue weighted by atomic mass is 32.2. The van der Waals surface area contributed by atoms with E-state index in [-0.39, 0.29) is 4.90 Å². The van der Waals surface area contributed by atoms with Crippen LogP contribution in [-0.4, -0.2) is 25.5 Å². The van der Waals surface area contributed by atoms with Crippen molar-refractivity contribution in [1.29, 1.82) is 5.26 Å². The lowest BCUT2D eigenvalue weighted by atomic mass is 10.2. The molecule has 0 fully saturated rings. The molecule has 0 radical (unpaired) electrons. The van der Waals surface area contributed by atoms with Gasteiger partial charge in [0.05, 0.1) is 40.2 Å². The SMILES string of the molecule is COc1cc(S(N)(=O)=O)ccc1-c1nc2ccc(C#N)cc2[nH]1. The van der Waals surface area contributed by atoms with Gasteiger partial charge < -0.3 is 9.72 Å². The van der Waals surface area contributed by atoms with Crippen LogP contribution in [0.1, 0.15) is 5.56 Å². The number of nitriles is 1. The van der Waals surface area contributed by atoms with Gasteiger partial charge >= 0.3 is 0 Å². The first-order valence-corrected chi connectivity index (χ1v) is 8.08. The maximum Gasteiger partial charge on any atom is 0.238 e. The predicted octanol–water partition coefficient (Wildman–Crippen LogP) is 1.76. The lowest BCUT2D eigenvalue weighted by Crippen LogP contribution is -2.12. The minimum Gasteiger partial charge on any atom is -0.496 e. The highest BCUT2D eigenvalue weighted by Crippen LogP contribution is 2.31. The number of sulfonamides is 1. The number of nitrogens with zero attached hydrogens (tertiary/aromatic N) is 2. The van der Waals surface area contributed by atoms with Crippen LogP contribution in [0.3, 0.4) is 0 Å². The predicted molar refractivity (Wildman–Crippen MR) is 84.2 cm³/mol. The maximum atomic E-state index is 11.4. The Hall–Kier alpha value is -2.89. The third-order valence-corrected chi connectivity index (χ3v) is 4.28. The molecule has 8 heteroatoms. The summed E-state index contributed by atoms with van der Waals surface area (Å²) in [5, 5.41) is 14.1. The summed E-state index contributed by atoms with van der Waals surface area (Å²) in [5.74, 6) is 0.837. The largest absolute Gasteiger partial charge is 0.496 e. The first-order chi connectivity index (χ1) is 10.9. The number of imidazole rings is 1. The van der Waals surface area contributed by atoms with E-state index in [1.54, 1.807) is 24.3 Å². The Bertz CT molecular complexity index is 1050. The van der Waals surface area contributed by atoms with Crippen LogP contribution in [0.4, 0.5) is 0 Å². The Morgan fingerprint density at radius 3 is 2.70 bits per heavy atom. The number of ether oxygens (including phenoxy) is 1. The number of aromatic amines is 1. The number of nitrogens with two attached hydrogens (primary N) is 1. The van der Waals surface area contributed by atoms with Crippen LogP contribution >= 0.6 is 0 Å². The number of benzene rings is 2. The van der Waals surface area contributed by atoms with E-state index in [0.29, 0.717) is 33.7 Å². The number of hydrogen-bond donors (Lipinski definition) is 2. The third-order valence-electron chi connectivity index (χ3n) is 3.37. The Labute approximate surface area is 132 Å². The molecule has 2 aromatic carbocycles. The summed E-state index contributed by atoms with van der Waals surface area (Å²) in [6.07, 6.45) is 0. The molecule has 0 aliphatic heterocycles. The third kappa shape index (κ3) is 2.75. The van der Waals surface area contributed by atoms with Crippen LogP contribution in [0.5, 0.6) is 5.75 Å². The van der Waals surface area contributed by atoms with E-state index in [2.05, 4.69) is 16.0 Å². The van der Waals surface area contributed by atoms with E-state index in [4.69, 9.17) is 15.1 Å². The van der Waals surface area contributed by atoms with Crippen molar-refractivity contribution < 1.29 is 13.2 Å². The first-order valence-electron chi connectivity index (χ1n) is 6.53. The van der Waals surface area contributed by atoms with Crippen LogP contribution in [0.2, 0.25) is 0 Å². The monoisotopic (exact) mass is 328 g/mol. The fourth-order valence-electron chi connectivity index (χ4n) is 2.25. The van der Waals surface area contributed by atoms with Gasteiger partial charge in [-0.15, -0.1) is 0 Å². The van der Waals surface area contributed by atoms with Crippen molar-refractivity contribution in [3.8, 4) is 23.2 Å². The molecule has 0 aliphatic rings. The molecule has 0 unspecified atom stereocenters. The van der Waals surface area contributed by atoms with Gasteiger partial charge in [0.15, 0.2) is 0 Å². The molecule has 0 spiro atoms. The Morgan fingerprint density at radius 1 is 1.26 bits per heavy atom. The number of primary sulfonamides is 1. The Balaban J connectivity index is 2.16. The summed E-state index contributed by atoms with van der Waals surface area (Å²) in [4.78, 5) is 7.49. The number of rotatable bonds is 3. The summed E-state index contributed by atoms with van der Waals surface area (Å²) in [5.41, 5.74) is 2.51. The van der Waals surface area contributed by atoms with Gasteiger partial charge in [-0.25, -0.2) is 18.5 Å². The lowest BCUT2D eigenvalue weighted by molar-refractivity contribution is 0.415. The van der Waals surface area contributed by atoms with E-state index in [1.165, 1.54) is 19.2 Å². The molecule has 3 rings (SSSR count). The van der Waals surface area contributed by atoms with Gasteiger partial charge in [-0.2, -0.15) is 5.26 Å². The van der Waals surface area contributed by atoms with Crippen molar-refractivity contribution in [2.24, 2.45) is 5.14 Å². The number of methoxy groups -OCH3 is 1.